The van der Waals surface area contributed by atoms with Crippen LogP contribution in [0.25, 0.3) is 0 Å². The molecule has 1 aromatic heterocycles. The van der Waals surface area contributed by atoms with Crippen LogP contribution < -0.4 is 0 Å². The van der Waals surface area contributed by atoms with Gasteiger partial charge in [0.2, 0.25) is 0 Å². The molecule has 1 fully saturated rings. The largest absolute Gasteiger partial charge is 0.394 e. The number of amides is 1. The highest BCUT2D eigenvalue weighted by Crippen LogP contribution is 2.16. The number of morpholine rings is 1. The number of hydrogen-bond donors (Lipinski definition) is 1. The van der Waals surface area contributed by atoms with Gasteiger partial charge in [0.15, 0.2) is 0 Å². The summed E-state index contributed by atoms with van der Waals surface area (Å²) in [4.78, 5) is 14.2. The van der Waals surface area contributed by atoms with E-state index in [1.165, 1.54) is 0 Å². The number of aromatic nitrogens is 2. The molecule has 18 heavy (non-hydrogen) atoms. The van der Waals surface area contributed by atoms with Crippen molar-refractivity contribution in [1.82, 2.24) is 14.7 Å². The fourth-order valence-corrected chi connectivity index (χ4v) is 2.26. The van der Waals surface area contributed by atoms with Gasteiger partial charge in [0.05, 0.1) is 30.6 Å². The summed E-state index contributed by atoms with van der Waals surface area (Å²) in [6.07, 6.45) is -0.278. The zero-order chi connectivity index (χ0) is 13.3. The molecule has 6 heteroatoms. The van der Waals surface area contributed by atoms with E-state index in [1.807, 2.05) is 20.9 Å². The molecule has 1 N–H and O–H groups in total. The van der Waals surface area contributed by atoms with Crippen LogP contribution in [-0.4, -0.2) is 58.1 Å². The van der Waals surface area contributed by atoms with E-state index in [9.17, 15) is 4.79 Å². The van der Waals surface area contributed by atoms with Crippen LogP contribution >= 0.6 is 0 Å². The zero-order valence-corrected chi connectivity index (χ0v) is 11.0. The predicted octanol–water partition coefficient (Wildman–Crippen LogP) is -0.130. The van der Waals surface area contributed by atoms with Crippen molar-refractivity contribution in [2.45, 2.75) is 20.0 Å². The van der Waals surface area contributed by atoms with Crippen molar-refractivity contribution in [2.75, 3.05) is 26.3 Å². The summed E-state index contributed by atoms with van der Waals surface area (Å²) >= 11 is 0. The smallest absolute Gasteiger partial charge is 0.257 e. The first-order valence-electron chi connectivity index (χ1n) is 6.06. The molecule has 1 aliphatic rings. The van der Waals surface area contributed by atoms with Gasteiger partial charge < -0.3 is 14.7 Å². The third-order valence-electron chi connectivity index (χ3n) is 3.35. The third kappa shape index (κ3) is 2.26. The molecule has 0 aliphatic carbocycles. The zero-order valence-electron chi connectivity index (χ0n) is 11.0. The second-order valence-corrected chi connectivity index (χ2v) is 4.60. The van der Waals surface area contributed by atoms with Gasteiger partial charge in [-0.1, -0.05) is 0 Å². The molecule has 1 saturated heterocycles. The standard InChI is InChI=1S/C12H19N3O3/c1-8-11(9(2)14(3)13-8)12(17)15-4-5-18-10(6-15)7-16/h10,16H,4-7H2,1-3H3. The van der Waals surface area contributed by atoms with E-state index in [0.29, 0.717) is 25.3 Å². The highest BCUT2D eigenvalue weighted by Gasteiger charge is 2.27. The van der Waals surface area contributed by atoms with Crippen molar-refractivity contribution in [3.05, 3.63) is 17.0 Å². The monoisotopic (exact) mass is 253 g/mol. The number of rotatable bonds is 2. The van der Waals surface area contributed by atoms with Crippen LogP contribution in [0.4, 0.5) is 0 Å². The Labute approximate surface area is 106 Å². The van der Waals surface area contributed by atoms with Crippen LogP contribution in [0.5, 0.6) is 0 Å². The molecule has 2 heterocycles. The Morgan fingerprint density at radius 3 is 2.83 bits per heavy atom. The van der Waals surface area contributed by atoms with Crippen LogP contribution in [-0.2, 0) is 11.8 Å². The van der Waals surface area contributed by atoms with Crippen molar-refractivity contribution in [3.8, 4) is 0 Å². The summed E-state index contributed by atoms with van der Waals surface area (Å²) in [7, 11) is 1.83. The van der Waals surface area contributed by atoms with Crippen LogP contribution in [0.15, 0.2) is 0 Å². The van der Waals surface area contributed by atoms with Gasteiger partial charge in [-0.25, -0.2) is 0 Å². The number of carbonyl (C=O) groups is 1. The van der Waals surface area contributed by atoms with E-state index in [4.69, 9.17) is 9.84 Å². The molecule has 0 spiro atoms. The lowest BCUT2D eigenvalue weighted by Gasteiger charge is -2.32. The van der Waals surface area contributed by atoms with E-state index in [2.05, 4.69) is 5.10 Å². The second-order valence-electron chi connectivity index (χ2n) is 4.60. The second kappa shape index (κ2) is 5.07. The van der Waals surface area contributed by atoms with Crippen molar-refractivity contribution >= 4 is 5.91 Å². The first-order valence-corrected chi connectivity index (χ1v) is 6.06. The first-order chi connectivity index (χ1) is 8.54. The van der Waals surface area contributed by atoms with Crippen LogP contribution in [0, 0.1) is 13.8 Å². The summed E-state index contributed by atoms with van der Waals surface area (Å²) in [5.41, 5.74) is 2.27. The van der Waals surface area contributed by atoms with Gasteiger partial charge in [-0.05, 0) is 13.8 Å². The Balaban J connectivity index is 2.20. The Bertz CT molecular complexity index is 456. The van der Waals surface area contributed by atoms with Gasteiger partial charge in [-0.3, -0.25) is 9.48 Å². The number of nitrogens with zero attached hydrogens (tertiary/aromatic N) is 3. The Kier molecular flexibility index (Phi) is 3.68. The summed E-state index contributed by atoms with van der Waals surface area (Å²) < 4.78 is 7.06. The minimum absolute atomic E-state index is 0.0279. The molecule has 1 aromatic rings. The van der Waals surface area contributed by atoms with Crippen LogP contribution in [0.3, 0.4) is 0 Å². The molecule has 2 rings (SSSR count). The predicted molar refractivity (Wildman–Crippen MR) is 65.4 cm³/mol. The molecule has 0 bridgehead atoms. The van der Waals surface area contributed by atoms with E-state index in [0.717, 1.165) is 11.4 Å². The summed E-state index contributed by atoms with van der Waals surface area (Å²) in [5, 5.41) is 13.3. The summed E-state index contributed by atoms with van der Waals surface area (Å²) in [6, 6.07) is 0. The first kappa shape index (κ1) is 13.0. The molecule has 1 aliphatic heterocycles. The Hall–Kier alpha value is -1.40. The van der Waals surface area contributed by atoms with E-state index in [-0.39, 0.29) is 18.6 Å². The topological polar surface area (TPSA) is 67.6 Å². The van der Waals surface area contributed by atoms with Crippen molar-refractivity contribution in [2.24, 2.45) is 7.05 Å². The molecule has 100 valence electrons. The number of ether oxygens (including phenoxy) is 1. The normalized spacial score (nSPS) is 20.2. The molecular formula is C12H19N3O3. The van der Waals surface area contributed by atoms with Crippen LogP contribution in [0.1, 0.15) is 21.7 Å². The fraction of sp³-hybridized carbons (Fsp3) is 0.667. The van der Waals surface area contributed by atoms with Gasteiger partial charge in [0.25, 0.3) is 5.91 Å². The molecule has 1 atom stereocenters. The minimum Gasteiger partial charge on any atom is -0.394 e. The van der Waals surface area contributed by atoms with Gasteiger partial charge in [0.1, 0.15) is 0 Å². The van der Waals surface area contributed by atoms with E-state index < -0.39 is 0 Å². The average molecular weight is 253 g/mol. The lowest BCUT2D eigenvalue weighted by Crippen LogP contribution is -2.47. The molecule has 1 amide bonds. The number of aliphatic hydroxyl groups excluding tert-OH is 1. The SMILES string of the molecule is Cc1nn(C)c(C)c1C(=O)N1CCOC(CO)C1. The highest BCUT2D eigenvalue weighted by atomic mass is 16.5. The van der Waals surface area contributed by atoms with Gasteiger partial charge in [0, 0.05) is 25.8 Å². The molecule has 1 unspecified atom stereocenters. The van der Waals surface area contributed by atoms with Crippen molar-refractivity contribution in [1.29, 1.82) is 0 Å². The lowest BCUT2D eigenvalue weighted by atomic mass is 10.1. The lowest BCUT2D eigenvalue weighted by molar-refractivity contribution is -0.0447. The van der Waals surface area contributed by atoms with E-state index in [1.54, 1.807) is 9.58 Å². The van der Waals surface area contributed by atoms with E-state index >= 15 is 0 Å². The Morgan fingerprint density at radius 1 is 1.56 bits per heavy atom. The number of hydrogen-bond acceptors (Lipinski definition) is 4. The maximum atomic E-state index is 12.5. The maximum Gasteiger partial charge on any atom is 0.257 e. The summed E-state index contributed by atoms with van der Waals surface area (Å²) in [6.45, 7) is 5.12. The highest BCUT2D eigenvalue weighted by molar-refractivity contribution is 5.96. The quantitative estimate of drug-likeness (QED) is 0.797. The maximum absolute atomic E-state index is 12.5. The summed E-state index contributed by atoms with van der Waals surface area (Å²) in [5.74, 6) is -0.0279. The number of carbonyl (C=O) groups excluding carboxylic acids is 1. The number of aryl methyl sites for hydroxylation is 2. The molecule has 6 nitrogen and oxygen atoms in total. The third-order valence-corrected chi connectivity index (χ3v) is 3.35. The fourth-order valence-electron chi connectivity index (χ4n) is 2.26. The molecular weight excluding hydrogens is 234 g/mol. The van der Waals surface area contributed by atoms with Gasteiger partial charge in [-0.2, -0.15) is 5.10 Å². The molecule has 0 radical (unpaired) electrons. The molecule has 0 aromatic carbocycles. The van der Waals surface area contributed by atoms with Crippen LogP contribution in [0.2, 0.25) is 0 Å². The average Bonchev–Trinajstić information content (AvgIpc) is 2.62. The minimum atomic E-state index is -0.278. The van der Waals surface area contributed by atoms with Gasteiger partial charge >= 0.3 is 0 Å². The van der Waals surface area contributed by atoms with Crippen molar-refractivity contribution in [3.63, 3.8) is 0 Å². The van der Waals surface area contributed by atoms with Crippen molar-refractivity contribution < 1.29 is 14.6 Å². The Morgan fingerprint density at radius 2 is 2.28 bits per heavy atom. The number of aliphatic hydroxyl groups is 1. The van der Waals surface area contributed by atoms with Gasteiger partial charge in [-0.15, -0.1) is 0 Å². The molecule has 0 saturated carbocycles.